The molecule has 18 heavy (non-hydrogen) atoms. The molecule has 94 valence electrons. The topological polar surface area (TPSA) is 28.2 Å². The number of aryl methyl sites for hydroxylation is 1. The molecule has 0 aliphatic carbocycles. The lowest BCUT2D eigenvalue weighted by atomic mass is 10.1. The summed E-state index contributed by atoms with van der Waals surface area (Å²) in [5.74, 6) is 1.15. The highest BCUT2D eigenvalue weighted by atomic mass is 15.2. The Bertz CT molecular complexity index is 571. The lowest BCUT2D eigenvalue weighted by Gasteiger charge is -2.20. The Labute approximate surface area is 108 Å². The van der Waals surface area contributed by atoms with Gasteiger partial charge in [-0.25, -0.2) is 4.98 Å². The van der Waals surface area contributed by atoms with Crippen molar-refractivity contribution in [2.24, 2.45) is 0 Å². The van der Waals surface area contributed by atoms with Crippen molar-refractivity contribution in [3.63, 3.8) is 0 Å². The summed E-state index contributed by atoms with van der Waals surface area (Å²) >= 11 is 0. The number of hydrogen-bond donors (Lipinski definition) is 1. The average molecular weight is 241 g/mol. The molecule has 1 aromatic carbocycles. The van der Waals surface area contributed by atoms with Crippen molar-refractivity contribution >= 4 is 22.3 Å². The molecule has 0 atom stereocenters. The third kappa shape index (κ3) is 1.70. The number of anilines is 2. The second kappa shape index (κ2) is 4.48. The van der Waals surface area contributed by atoms with Crippen LogP contribution in [0.25, 0.3) is 10.8 Å². The zero-order chi connectivity index (χ0) is 12.5. The number of nitrogens with zero attached hydrogens (tertiary/aromatic N) is 2. The van der Waals surface area contributed by atoms with Crippen molar-refractivity contribution in [2.75, 3.05) is 30.4 Å². The van der Waals surface area contributed by atoms with Gasteiger partial charge in [0.2, 0.25) is 0 Å². The van der Waals surface area contributed by atoms with E-state index in [1.807, 2.05) is 13.2 Å². The molecule has 1 fully saturated rings. The van der Waals surface area contributed by atoms with Crippen LogP contribution < -0.4 is 10.2 Å². The summed E-state index contributed by atoms with van der Waals surface area (Å²) < 4.78 is 0. The van der Waals surface area contributed by atoms with Gasteiger partial charge < -0.3 is 10.2 Å². The Balaban J connectivity index is 2.26. The van der Waals surface area contributed by atoms with Gasteiger partial charge >= 0.3 is 0 Å². The van der Waals surface area contributed by atoms with Crippen LogP contribution in [0.5, 0.6) is 0 Å². The third-order valence-corrected chi connectivity index (χ3v) is 3.78. The van der Waals surface area contributed by atoms with Crippen LogP contribution in [0.2, 0.25) is 0 Å². The largest absolute Gasteiger partial charge is 0.386 e. The molecular weight excluding hydrogens is 222 g/mol. The second-order valence-corrected chi connectivity index (χ2v) is 4.94. The maximum atomic E-state index is 4.68. The first-order valence-corrected chi connectivity index (χ1v) is 6.62. The van der Waals surface area contributed by atoms with Crippen molar-refractivity contribution < 1.29 is 0 Å². The van der Waals surface area contributed by atoms with Crippen LogP contribution >= 0.6 is 0 Å². The van der Waals surface area contributed by atoms with E-state index in [0.29, 0.717) is 0 Å². The fourth-order valence-electron chi connectivity index (χ4n) is 2.82. The Morgan fingerprint density at radius 3 is 2.72 bits per heavy atom. The molecule has 1 aliphatic heterocycles. The zero-order valence-corrected chi connectivity index (χ0v) is 11.0. The van der Waals surface area contributed by atoms with E-state index in [4.69, 9.17) is 0 Å². The van der Waals surface area contributed by atoms with Crippen molar-refractivity contribution in [3.05, 3.63) is 30.0 Å². The average Bonchev–Trinajstić information content (AvgIpc) is 2.91. The molecule has 0 amide bonds. The smallest absolute Gasteiger partial charge is 0.136 e. The molecule has 1 aromatic heterocycles. The van der Waals surface area contributed by atoms with Gasteiger partial charge in [0.25, 0.3) is 0 Å². The molecule has 1 saturated heterocycles. The quantitative estimate of drug-likeness (QED) is 0.875. The Morgan fingerprint density at radius 1 is 1.22 bits per heavy atom. The van der Waals surface area contributed by atoms with Crippen molar-refractivity contribution in [2.45, 2.75) is 19.8 Å². The summed E-state index contributed by atoms with van der Waals surface area (Å²) in [5.41, 5.74) is 2.41. The minimum Gasteiger partial charge on any atom is -0.386 e. The number of pyridine rings is 1. The molecule has 1 aliphatic rings. The third-order valence-electron chi connectivity index (χ3n) is 3.78. The molecular formula is C15H19N3. The van der Waals surface area contributed by atoms with Crippen LogP contribution in [-0.2, 0) is 0 Å². The lowest BCUT2D eigenvalue weighted by molar-refractivity contribution is 0.945. The first-order chi connectivity index (χ1) is 8.81. The maximum Gasteiger partial charge on any atom is 0.136 e. The number of rotatable bonds is 2. The summed E-state index contributed by atoms with van der Waals surface area (Å²) in [6.45, 7) is 4.44. The minimum absolute atomic E-state index is 1.11. The first-order valence-electron chi connectivity index (χ1n) is 6.62. The lowest BCUT2D eigenvalue weighted by Crippen LogP contribution is -2.19. The van der Waals surface area contributed by atoms with Crippen LogP contribution in [0.4, 0.5) is 11.5 Å². The molecule has 3 rings (SSSR count). The minimum atomic E-state index is 1.11. The molecule has 0 spiro atoms. The van der Waals surface area contributed by atoms with Crippen LogP contribution in [-0.4, -0.2) is 25.1 Å². The van der Waals surface area contributed by atoms with Gasteiger partial charge in [0.15, 0.2) is 0 Å². The van der Waals surface area contributed by atoms with Crippen molar-refractivity contribution in [3.8, 4) is 0 Å². The molecule has 2 aromatic rings. The van der Waals surface area contributed by atoms with Gasteiger partial charge in [0.1, 0.15) is 5.82 Å². The fourth-order valence-corrected chi connectivity index (χ4v) is 2.82. The standard InChI is InChI=1S/C15H19N3/c1-11-6-5-7-12-13(16-2)10-17-15(14(11)12)18-8-3-4-9-18/h5-7,10,16H,3-4,8-9H2,1-2H3. The first kappa shape index (κ1) is 11.3. The number of fused-ring (bicyclic) bond motifs is 1. The van der Waals surface area contributed by atoms with E-state index in [0.717, 1.165) is 24.6 Å². The van der Waals surface area contributed by atoms with Gasteiger partial charge in [0, 0.05) is 30.9 Å². The summed E-state index contributed by atoms with van der Waals surface area (Å²) in [5, 5.41) is 5.80. The molecule has 3 nitrogen and oxygen atoms in total. The van der Waals surface area contributed by atoms with E-state index in [1.165, 1.54) is 29.2 Å². The molecule has 3 heteroatoms. The van der Waals surface area contributed by atoms with Gasteiger partial charge in [-0.15, -0.1) is 0 Å². The Hall–Kier alpha value is -1.77. The number of nitrogens with one attached hydrogen (secondary N) is 1. The molecule has 0 unspecified atom stereocenters. The predicted molar refractivity (Wildman–Crippen MR) is 77.5 cm³/mol. The molecule has 0 saturated carbocycles. The van der Waals surface area contributed by atoms with E-state index >= 15 is 0 Å². The summed E-state index contributed by atoms with van der Waals surface area (Å²) in [7, 11) is 1.95. The van der Waals surface area contributed by atoms with Gasteiger partial charge in [-0.2, -0.15) is 0 Å². The van der Waals surface area contributed by atoms with E-state index in [1.54, 1.807) is 0 Å². The van der Waals surface area contributed by atoms with Crippen molar-refractivity contribution in [1.82, 2.24) is 4.98 Å². The van der Waals surface area contributed by atoms with Crippen LogP contribution in [0.3, 0.4) is 0 Å². The Morgan fingerprint density at radius 2 is 2.00 bits per heavy atom. The van der Waals surface area contributed by atoms with Crippen LogP contribution in [0.15, 0.2) is 24.4 Å². The molecule has 0 bridgehead atoms. The zero-order valence-electron chi connectivity index (χ0n) is 11.0. The normalized spacial score (nSPS) is 15.3. The van der Waals surface area contributed by atoms with Crippen LogP contribution in [0, 0.1) is 6.92 Å². The number of aromatic nitrogens is 1. The van der Waals surface area contributed by atoms with E-state index in [9.17, 15) is 0 Å². The summed E-state index contributed by atoms with van der Waals surface area (Å²) in [6.07, 6.45) is 4.51. The Kier molecular flexibility index (Phi) is 2.82. The highest BCUT2D eigenvalue weighted by Gasteiger charge is 2.18. The van der Waals surface area contributed by atoms with E-state index in [-0.39, 0.29) is 0 Å². The van der Waals surface area contributed by atoms with E-state index in [2.05, 4.69) is 40.3 Å². The van der Waals surface area contributed by atoms with Gasteiger partial charge in [-0.05, 0) is 25.3 Å². The molecule has 2 heterocycles. The highest BCUT2D eigenvalue weighted by molar-refractivity contribution is 6.02. The monoisotopic (exact) mass is 241 g/mol. The number of hydrogen-bond acceptors (Lipinski definition) is 3. The SMILES string of the molecule is CNc1cnc(N2CCCC2)c2c(C)cccc12. The fraction of sp³-hybridized carbons (Fsp3) is 0.400. The second-order valence-electron chi connectivity index (χ2n) is 4.94. The maximum absolute atomic E-state index is 4.68. The molecule has 0 radical (unpaired) electrons. The summed E-state index contributed by atoms with van der Waals surface area (Å²) in [6, 6.07) is 6.46. The predicted octanol–water partition coefficient (Wildman–Crippen LogP) is 3.19. The molecule has 1 N–H and O–H groups in total. The van der Waals surface area contributed by atoms with Crippen molar-refractivity contribution in [1.29, 1.82) is 0 Å². The van der Waals surface area contributed by atoms with E-state index < -0.39 is 0 Å². The van der Waals surface area contributed by atoms with Crippen LogP contribution in [0.1, 0.15) is 18.4 Å². The van der Waals surface area contributed by atoms with Gasteiger partial charge in [-0.3, -0.25) is 0 Å². The number of benzene rings is 1. The highest BCUT2D eigenvalue weighted by Crippen LogP contribution is 2.33. The summed E-state index contributed by atoms with van der Waals surface area (Å²) in [4.78, 5) is 7.10. The van der Waals surface area contributed by atoms with Gasteiger partial charge in [-0.1, -0.05) is 18.2 Å². The van der Waals surface area contributed by atoms with Gasteiger partial charge in [0.05, 0.1) is 11.9 Å².